The summed E-state index contributed by atoms with van der Waals surface area (Å²) in [6, 6.07) is 9.85. The molecule has 5 rings (SSSR count). The van der Waals surface area contributed by atoms with Gasteiger partial charge in [-0.2, -0.15) is 4.99 Å². The van der Waals surface area contributed by atoms with Gasteiger partial charge in [-0.15, -0.1) is 0 Å². The molecule has 182 valence electrons. The largest absolute Gasteiger partial charge is 0.478 e. The number of benzene rings is 1. The van der Waals surface area contributed by atoms with Crippen molar-refractivity contribution in [2.24, 2.45) is 4.99 Å². The van der Waals surface area contributed by atoms with Crippen molar-refractivity contribution < 1.29 is 19.3 Å². The maximum absolute atomic E-state index is 10.7. The maximum Gasteiger partial charge on any atom is 0.257 e. The van der Waals surface area contributed by atoms with Gasteiger partial charge in [0.1, 0.15) is 13.2 Å². The molecule has 2 atom stereocenters. The second kappa shape index (κ2) is 10.8. The molecule has 0 saturated heterocycles. The van der Waals surface area contributed by atoms with Crippen molar-refractivity contribution in [2.45, 2.75) is 38.6 Å². The average molecular weight is 475 g/mol. The Morgan fingerprint density at radius 3 is 3.17 bits per heavy atom. The van der Waals surface area contributed by atoms with E-state index in [2.05, 4.69) is 46.2 Å². The first kappa shape index (κ1) is 23.2. The van der Waals surface area contributed by atoms with E-state index in [9.17, 15) is 5.11 Å². The lowest BCUT2D eigenvalue weighted by molar-refractivity contribution is 0.0348. The highest BCUT2D eigenvalue weighted by atomic mass is 16.6. The van der Waals surface area contributed by atoms with Crippen molar-refractivity contribution in [3.8, 4) is 23.5 Å². The van der Waals surface area contributed by atoms with Gasteiger partial charge in [-0.05, 0) is 49.2 Å². The second-order valence-electron chi connectivity index (χ2n) is 8.66. The van der Waals surface area contributed by atoms with Gasteiger partial charge >= 0.3 is 0 Å². The number of fused-ring (bicyclic) bond motifs is 4. The molecule has 1 aromatic carbocycles. The number of aromatic nitrogens is 1. The van der Waals surface area contributed by atoms with Crippen LogP contribution in [0.5, 0.6) is 11.6 Å². The Morgan fingerprint density at radius 2 is 2.26 bits per heavy atom. The minimum Gasteiger partial charge on any atom is -0.478 e. The summed E-state index contributed by atoms with van der Waals surface area (Å²) in [6.07, 6.45) is 5.44. The number of rotatable bonds is 6. The molecule has 0 aliphatic carbocycles. The molecule has 8 nitrogen and oxygen atoms in total. The lowest BCUT2D eigenvalue weighted by Gasteiger charge is -2.37. The summed E-state index contributed by atoms with van der Waals surface area (Å²) in [4.78, 5) is 10.4. The van der Waals surface area contributed by atoms with Gasteiger partial charge in [-0.3, -0.25) is 0 Å². The number of ether oxygens (including phenoxy) is 3. The quantitative estimate of drug-likeness (QED) is 0.491. The Kier molecular flexibility index (Phi) is 7.17. The van der Waals surface area contributed by atoms with Crippen molar-refractivity contribution in [2.75, 3.05) is 32.8 Å². The number of aliphatic hydroxyl groups is 1. The SMILES string of the molecule is CCCCNCC#Cc1ccc2c(c1)CCN1C2=CC(OCC2COc3ncccc3O2)=NC1O. The molecule has 0 amide bonds. The predicted molar refractivity (Wildman–Crippen MR) is 133 cm³/mol. The van der Waals surface area contributed by atoms with Crippen molar-refractivity contribution in [3.63, 3.8) is 0 Å². The first-order chi connectivity index (χ1) is 17.2. The zero-order valence-corrected chi connectivity index (χ0v) is 19.9. The zero-order valence-electron chi connectivity index (χ0n) is 19.9. The van der Waals surface area contributed by atoms with Crippen molar-refractivity contribution in [1.82, 2.24) is 15.2 Å². The van der Waals surface area contributed by atoms with E-state index in [1.165, 1.54) is 18.4 Å². The van der Waals surface area contributed by atoms with Crippen LogP contribution >= 0.6 is 0 Å². The summed E-state index contributed by atoms with van der Waals surface area (Å²) in [5, 5.41) is 14.0. The van der Waals surface area contributed by atoms with Crippen molar-refractivity contribution in [1.29, 1.82) is 0 Å². The van der Waals surface area contributed by atoms with E-state index in [4.69, 9.17) is 14.2 Å². The van der Waals surface area contributed by atoms with E-state index in [1.807, 2.05) is 23.1 Å². The summed E-state index contributed by atoms with van der Waals surface area (Å²) in [5.74, 6) is 7.91. The molecular formula is C27H30N4O4. The first-order valence-corrected chi connectivity index (χ1v) is 12.2. The molecule has 2 unspecified atom stereocenters. The molecular weight excluding hydrogens is 444 g/mol. The number of aliphatic hydroxyl groups excluding tert-OH is 1. The number of hydrogen-bond acceptors (Lipinski definition) is 8. The summed E-state index contributed by atoms with van der Waals surface area (Å²) in [6.45, 7) is 5.13. The van der Waals surface area contributed by atoms with E-state index >= 15 is 0 Å². The average Bonchev–Trinajstić information content (AvgIpc) is 2.89. The molecule has 4 heterocycles. The van der Waals surface area contributed by atoms with Crippen LogP contribution in [0, 0.1) is 11.8 Å². The van der Waals surface area contributed by atoms with E-state index in [0.29, 0.717) is 37.2 Å². The number of nitrogens with one attached hydrogen (secondary N) is 1. The van der Waals surface area contributed by atoms with Crippen molar-refractivity contribution >= 4 is 11.6 Å². The molecule has 8 heteroatoms. The highest BCUT2D eigenvalue weighted by molar-refractivity contribution is 5.97. The second-order valence-corrected chi connectivity index (χ2v) is 8.66. The van der Waals surface area contributed by atoms with Gasteiger partial charge in [0.05, 0.1) is 12.2 Å². The van der Waals surface area contributed by atoms with Gasteiger partial charge < -0.3 is 29.5 Å². The van der Waals surface area contributed by atoms with Gasteiger partial charge in [0, 0.05) is 29.9 Å². The molecule has 2 N–H and O–H groups in total. The van der Waals surface area contributed by atoms with Gasteiger partial charge in [-0.25, -0.2) is 4.98 Å². The first-order valence-electron chi connectivity index (χ1n) is 12.2. The molecule has 1 aromatic heterocycles. The summed E-state index contributed by atoms with van der Waals surface area (Å²) >= 11 is 0. The van der Waals surface area contributed by atoms with Crippen LogP contribution in [0.15, 0.2) is 47.6 Å². The van der Waals surface area contributed by atoms with Crippen LogP contribution < -0.4 is 14.8 Å². The lowest BCUT2D eigenvalue weighted by atomic mass is 9.94. The fourth-order valence-electron chi connectivity index (χ4n) is 4.28. The molecule has 0 radical (unpaired) electrons. The predicted octanol–water partition coefficient (Wildman–Crippen LogP) is 2.57. The van der Waals surface area contributed by atoms with Gasteiger partial charge in [0.15, 0.2) is 11.9 Å². The number of aliphatic imine (C=N–C) groups is 1. The van der Waals surface area contributed by atoms with Crippen LogP contribution in [0.2, 0.25) is 0 Å². The van der Waals surface area contributed by atoms with Crippen LogP contribution in [0.1, 0.15) is 36.5 Å². The van der Waals surface area contributed by atoms with Gasteiger partial charge in [-0.1, -0.05) is 31.3 Å². The number of hydrogen-bond donors (Lipinski definition) is 2. The van der Waals surface area contributed by atoms with E-state index in [0.717, 1.165) is 29.8 Å². The fraction of sp³-hybridized carbons (Fsp3) is 0.407. The highest BCUT2D eigenvalue weighted by Crippen LogP contribution is 2.33. The van der Waals surface area contributed by atoms with Crippen LogP contribution in [0.3, 0.4) is 0 Å². The number of unbranched alkanes of at least 4 members (excludes halogenated alkanes) is 1. The summed E-state index contributed by atoms with van der Waals surface area (Å²) in [7, 11) is 0. The Morgan fingerprint density at radius 1 is 1.31 bits per heavy atom. The normalized spacial score (nSPS) is 20.0. The van der Waals surface area contributed by atoms with Crippen LogP contribution in [0.25, 0.3) is 5.70 Å². The minimum absolute atomic E-state index is 0.247. The molecule has 0 bridgehead atoms. The monoisotopic (exact) mass is 474 g/mol. The third-order valence-electron chi connectivity index (χ3n) is 6.10. The Balaban J connectivity index is 1.25. The highest BCUT2D eigenvalue weighted by Gasteiger charge is 2.30. The third kappa shape index (κ3) is 5.42. The smallest absolute Gasteiger partial charge is 0.257 e. The Bertz CT molecular complexity index is 1180. The Labute approximate surface area is 205 Å². The molecule has 0 saturated carbocycles. The molecule has 35 heavy (non-hydrogen) atoms. The lowest BCUT2D eigenvalue weighted by Crippen LogP contribution is -2.41. The van der Waals surface area contributed by atoms with Gasteiger partial charge in [0.25, 0.3) is 5.88 Å². The fourth-order valence-corrected chi connectivity index (χ4v) is 4.28. The standard InChI is InChI=1S/C27H30N4O4/c1-2-3-11-28-12-4-6-19-8-9-22-20(15-19)10-14-31-23(22)16-25(30-27(31)32)33-17-21-18-34-26-24(35-21)7-5-13-29-26/h5,7-9,13,15-16,21,27-28,32H,2-3,10-12,14,17-18H2,1H3. The van der Waals surface area contributed by atoms with Gasteiger partial charge in [0.2, 0.25) is 12.2 Å². The van der Waals surface area contributed by atoms with Crippen molar-refractivity contribution in [3.05, 3.63) is 59.3 Å². The Hall–Kier alpha value is -3.54. The topological polar surface area (TPSA) is 88.4 Å². The number of nitrogens with zero attached hydrogens (tertiary/aromatic N) is 3. The zero-order chi connectivity index (χ0) is 24.0. The molecule has 0 spiro atoms. The molecule has 3 aliphatic heterocycles. The van der Waals surface area contributed by atoms with E-state index in [-0.39, 0.29) is 12.7 Å². The molecule has 0 fully saturated rings. The van der Waals surface area contributed by atoms with Crippen LogP contribution in [-0.4, -0.2) is 66.2 Å². The third-order valence-corrected chi connectivity index (χ3v) is 6.10. The maximum atomic E-state index is 10.7. The summed E-state index contributed by atoms with van der Waals surface area (Å²) in [5.41, 5.74) is 4.18. The van der Waals surface area contributed by atoms with E-state index in [1.54, 1.807) is 12.3 Å². The van der Waals surface area contributed by atoms with E-state index < -0.39 is 6.35 Å². The number of pyridine rings is 1. The molecule has 2 aromatic rings. The van der Waals surface area contributed by atoms with Crippen LogP contribution in [0.4, 0.5) is 0 Å². The molecule has 3 aliphatic rings. The van der Waals surface area contributed by atoms with Crippen LogP contribution in [-0.2, 0) is 11.2 Å². The minimum atomic E-state index is -0.986. The summed E-state index contributed by atoms with van der Waals surface area (Å²) < 4.78 is 17.5.